The van der Waals surface area contributed by atoms with Gasteiger partial charge in [0.1, 0.15) is 0 Å². The van der Waals surface area contributed by atoms with Crippen molar-refractivity contribution >= 4 is 11.8 Å². The summed E-state index contributed by atoms with van der Waals surface area (Å²) in [6.07, 6.45) is 4.52. The number of benzene rings is 2. The zero-order valence-electron chi connectivity index (χ0n) is 17.9. The molecule has 0 aliphatic heterocycles. The van der Waals surface area contributed by atoms with Crippen molar-refractivity contribution in [2.24, 2.45) is 5.92 Å². The third-order valence-electron chi connectivity index (χ3n) is 5.84. The van der Waals surface area contributed by atoms with E-state index in [0.29, 0.717) is 30.6 Å². The molecular formula is C25H31N3O2. The Bertz CT molecular complexity index is 884. The van der Waals surface area contributed by atoms with Crippen LogP contribution in [0.2, 0.25) is 0 Å². The van der Waals surface area contributed by atoms with Crippen molar-refractivity contribution in [2.75, 3.05) is 13.6 Å². The van der Waals surface area contributed by atoms with Crippen LogP contribution in [0.1, 0.15) is 58.8 Å². The van der Waals surface area contributed by atoms with Gasteiger partial charge in [0.25, 0.3) is 5.91 Å². The van der Waals surface area contributed by atoms with Crippen LogP contribution in [0.15, 0.2) is 48.5 Å². The standard InChI is InChI=1S/C25H31N3O2/c1-17-3-7-19(8-4-17)24(20-11-12-20)27-23(29)16-28(2)15-18-5-9-21(10-6-18)25(30)26-22-13-14-22/h3-10,20,22,24H,11-16H2,1-2H3,(H,26,30)(H,27,29). The lowest BCUT2D eigenvalue weighted by Gasteiger charge is -2.22. The first-order valence-corrected chi connectivity index (χ1v) is 10.9. The van der Waals surface area contributed by atoms with Crippen molar-refractivity contribution in [3.63, 3.8) is 0 Å². The topological polar surface area (TPSA) is 61.4 Å². The smallest absolute Gasteiger partial charge is 0.251 e. The quantitative estimate of drug-likeness (QED) is 0.670. The Labute approximate surface area is 178 Å². The van der Waals surface area contributed by atoms with Crippen molar-refractivity contribution in [1.29, 1.82) is 0 Å². The SMILES string of the molecule is Cc1ccc(C(NC(=O)CN(C)Cc2ccc(C(=O)NC3CC3)cc2)C2CC2)cc1. The van der Waals surface area contributed by atoms with Gasteiger partial charge in [-0.1, -0.05) is 42.0 Å². The second-order valence-electron chi connectivity index (χ2n) is 8.91. The van der Waals surface area contributed by atoms with Gasteiger partial charge in [0.2, 0.25) is 5.91 Å². The highest BCUT2D eigenvalue weighted by Gasteiger charge is 2.33. The van der Waals surface area contributed by atoms with Crippen LogP contribution in [-0.4, -0.2) is 36.3 Å². The molecule has 1 unspecified atom stereocenters. The van der Waals surface area contributed by atoms with Gasteiger partial charge in [0.05, 0.1) is 12.6 Å². The molecule has 0 aromatic heterocycles. The predicted molar refractivity (Wildman–Crippen MR) is 118 cm³/mol. The maximum absolute atomic E-state index is 12.7. The van der Waals surface area contributed by atoms with Gasteiger partial charge in [-0.15, -0.1) is 0 Å². The number of hydrogen-bond acceptors (Lipinski definition) is 3. The number of nitrogens with zero attached hydrogens (tertiary/aromatic N) is 1. The van der Waals surface area contributed by atoms with Gasteiger partial charge in [-0.25, -0.2) is 0 Å². The lowest BCUT2D eigenvalue weighted by atomic mass is 10.0. The van der Waals surface area contributed by atoms with Crippen LogP contribution < -0.4 is 10.6 Å². The number of rotatable bonds is 9. The Hall–Kier alpha value is -2.66. The van der Waals surface area contributed by atoms with E-state index in [2.05, 4.69) is 41.8 Å². The van der Waals surface area contributed by atoms with Gasteiger partial charge >= 0.3 is 0 Å². The maximum atomic E-state index is 12.7. The maximum Gasteiger partial charge on any atom is 0.251 e. The summed E-state index contributed by atoms with van der Waals surface area (Å²) >= 11 is 0. The minimum absolute atomic E-state index is 0.000920. The summed E-state index contributed by atoms with van der Waals surface area (Å²) in [5.41, 5.74) is 4.21. The normalized spacial score (nSPS) is 16.9. The van der Waals surface area contributed by atoms with E-state index >= 15 is 0 Å². The molecule has 2 aliphatic carbocycles. The molecule has 2 saturated carbocycles. The summed E-state index contributed by atoms with van der Waals surface area (Å²) in [5.74, 6) is 0.603. The van der Waals surface area contributed by atoms with E-state index in [0.717, 1.165) is 18.4 Å². The van der Waals surface area contributed by atoms with Crippen molar-refractivity contribution < 1.29 is 9.59 Å². The molecule has 0 bridgehead atoms. The first kappa shape index (κ1) is 20.6. The third kappa shape index (κ3) is 5.70. The van der Waals surface area contributed by atoms with Crippen LogP contribution in [0.3, 0.4) is 0 Å². The molecule has 5 heteroatoms. The Morgan fingerprint density at radius 1 is 1.00 bits per heavy atom. The number of carbonyl (C=O) groups is 2. The highest BCUT2D eigenvalue weighted by Crippen LogP contribution is 2.41. The molecule has 2 aliphatic rings. The molecule has 30 heavy (non-hydrogen) atoms. The molecular weight excluding hydrogens is 374 g/mol. The molecule has 0 saturated heterocycles. The average Bonchev–Trinajstić information content (AvgIpc) is 3.62. The molecule has 4 rings (SSSR count). The van der Waals surface area contributed by atoms with E-state index in [1.54, 1.807) is 0 Å². The van der Waals surface area contributed by atoms with Crippen LogP contribution in [0.5, 0.6) is 0 Å². The van der Waals surface area contributed by atoms with E-state index < -0.39 is 0 Å². The van der Waals surface area contributed by atoms with Crippen LogP contribution in [-0.2, 0) is 11.3 Å². The fourth-order valence-corrected chi connectivity index (χ4v) is 3.77. The summed E-state index contributed by atoms with van der Waals surface area (Å²) in [5, 5.41) is 6.25. The monoisotopic (exact) mass is 405 g/mol. The Balaban J connectivity index is 1.28. The first-order chi connectivity index (χ1) is 14.5. The summed E-state index contributed by atoms with van der Waals surface area (Å²) < 4.78 is 0. The summed E-state index contributed by atoms with van der Waals surface area (Å²) in [6, 6.07) is 16.6. The molecule has 2 aromatic rings. The minimum atomic E-state index is -0.000920. The molecule has 158 valence electrons. The molecule has 2 aromatic carbocycles. The van der Waals surface area contributed by atoms with E-state index in [-0.39, 0.29) is 17.9 Å². The van der Waals surface area contributed by atoms with Crippen molar-refractivity contribution in [2.45, 2.75) is 51.2 Å². The summed E-state index contributed by atoms with van der Waals surface area (Å²) in [6.45, 7) is 3.09. The zero-order chi connectivity index (χ0) is 21.1. The highest BCUT2D eigenvalue weighted by atomic mass is 16.2. The van der Waals surface area contributed by atoms with E-state index in [1.807, 2.05) is 36.2 Å². The largest absolute Gasteiger partial charge is 0.349 e. The molecule has 5 nitrogen and oxygen atoms in total. The lowest BCUT2D eigenvalue weighted by Crippen LogP contribution is -2.37. The number of nitrogens with one attached hydrogen (secondary N) is 2. The van der Waals surface area contributed by atoms with Crippen LogP contribution in [0.4, 0.5) is 0 Å². The van der Waals surface area contributed by atoms with Gasteiger partial charge in [-0.2, -0.15) is 0 Å². The highest BCUT2D eigenvalue weighted by molar-refractivity contribution is 5.94. The molecule has 1 atom stereocenters. The third-order valence-corrected chi connectivity index (χ3v) is 5.84. The molecule has 2 amide bonds. The number of amides is 2. The van der Waals surface area contributed by atoms with E-state index in [1.165, 1.54) is 24.0 Å². The predicted octanol–water partition coefficient (Wildman–Crippen LogP) is 3.59. The number of aryl methyl sites for hydroxylation is 1. The van der Waals surface area contributed by atoms with Crippen molar-refractivity contribution in [3.05, 3.63) is 70.8 Å². The van der Waals surface area contributed by atoms with Gasteiger partial charge in [0.15, 0.2) is 0 Å². The molecule has 2 fully saturated rings. The van der Waals surface area contributed by atoms with Crippen molar-refractivity contribution in [3.8, 4) is 0 Å². The van der Waals surface area contributed by atoms with Crippen molar-refractivity contribution in [1.82, 2.24) is 15.5 Å². The minimum Gasteiger partial charge on any atom is -0.349 e. The van der Waals surface area contributed by atoms with Gasteiger partial charge < -0.3 is 10.6 Å². The summed E-state index contributed by atoms with van der Waals surface area (Å²) in [7, 11) is 1.95. The fourth-order valence-electron chi connectivity index (χ4n) is 3.77. The number of hydrogen-bond donors (Lipinski definition) is 2. The van der Waals surface area contributed by atoms with Gasteiger partial charge in [-0.3, -0.25) is 14.5 Å². The Morgan fingerprint density at radius 2 is 1.67 bits per heavy atom. The van der Waals surface area contributed by atoms with E-state index in [9.17, 15) is 9.59 Å². The second kappa shape index (κ2) is 9.00. The van der Waals surface area contributed by atoms with Crippen LogP contribution >= 0.6 is 0 Å². The van der Waals surface area contributed by atoms with Crippen LogP contribution in [0.25, 0.3) is 0 Å². The Kier molecular flexibility index (Phi) is 6.18. The zero-order valence-corrected chi connectivity index (χ0v) is 17.9. The average molecular weight is 406 g/mol. The lowest BCUT2D eigenvalue weighted by molar-refractivity contribution is -0.123. The van der Waals surface area contributed by atoms with Gasteiger partial charge in [-0.05, 0) is 68.8 Å². The number of carbonyl (C=O) groups excluding carboxylic acids is 2. The first-order valence-electron chi connectivity index (χ1n) is 10.9. The van der Waals surface area contributed by atoms with Crippen LogP contribution in [0, 0.1) is 12.8 Å². The molecule has 0 heterocycles. The fraction of sp³-hybridized carbons (Fsp3) is 0.440. The number of likely N-dealkylation sites (N-methyl/N-ethyl adjacent to an activating group) is 1. The molecule has 0 radical (unpaired) electrons. The summed E-state index contributed by atoms with van der Waals surface area (Å²) in [4.78, 5) is 26.8. The van der Waals surface area contributed by atoms with Gasteiger partial charge in [0, 0.05) is 18.2 Å². The Morgan fingerprint density at radius 3 is 2.27 bits per heavy atom. The van der Waals surface area contributed by atoms with E-state index in [4.69, 9.17) is 0 Å². The molecule has 0 spiro atoms. The second-order valence-corrected chi connectivity index (χ2v) is 8.91. The molecule has 2 N–H and O–H groups in total.